The van der Waals surface area contributed by atoms with Crippen LogP contribution in [0.25, 0.3) is 0 Å². The van der Waals surface area contributed by atoms with Gasteiger partial charge in [0.05, 0.1) is 12.5 Å². The van der Waals surface area contributed by atoms with Crippen molar-refractivity contribution in [2.75, 3.05) is 13.1 Å². The molecule has 7 heteroatoms. The molecular formula is C11H18N4O2S. The van der Waals surface area contributed by atoms with Crippen molar-refractivity contribution in [3.8, 4) is 0 Å². The van der Waals surface area contributed by atoms with Gasteiger partial charge in [0.2, 0.25) is 0 Å². The fraction of sp³-hybridized carbons (Fsp3) is 0.727. The molecular weight excluding hydrogens is 252 g/mol. The third kappa shape index (κ3) is 1.86. The summed E-state index contributed by atoms with van der Waals surface area (Å²) in [5, 5.41) is 0.176. The van der Waals surface area contributed by atoms with E-state index in [9.17, 15) is 8.42 Å². The summed E-state index contributed by atoms with van der Waals surface area (Å²) < 4.78 is 26.3. The maximum atomic E-state index is 12.4. The predicted molar refractivity (Wildman–Crippen MR) is 66.2 cm³/mol. The summed E-state index contributed by atoms with van der Waals surface area (Å²) in [6.07, 6.45) is 5.96. The van der Waals surface area contributed by atoms with E-state index in [-0.39, 0.29) is 11.1 Å². The SMILES string of the molecule is NC1CCCC2CN(S(=O)(=O)c3cnc[nH]3)CC12. The van der Waals surface area contributed by atoms with Crippen molar-refractivity contribution in [3.05, 3.63) is 12.5 Å². The summed E-state index contributed by atoms with van der Waals surface area (Å²) in [6, 6.07) is 0.144. The maximum absolute atomic E-state index is 12.4. The van der Waals surface area contributed by atoms with Gasteiger partial charge in [0.25, 0.3) is 10.0 Å². The Hall–Kier alpha value is -0.920. The fourth-order valence-corrected chi connectivity index (χ4v) is 4.63. The van der Waals surface area contributed by atoms with E-state index in [0.29, 0.717) is 24.9 Å². The highest BCUT2D eigenvalue weighted by Crippen LogP contribution is 2.37. The molecule has 3 N–H and O–H groups in total. The molecule has 1 aromatic rings. The van der Waals surface area contributed by atoms with Gasteiger partial charge in [-0.1, -0.05) is 6.42 Å². The molecule has 1 aromatic heterocycles. The number of hydrogen-bond acceptors (Lipinski definition) is 4. The average molecular weight is 270 g/mol. The van der Waals surface area contributed by atoms with Crippen LogP contribution < -0.4 is 5.73 Å². The van der Waals surface area contributed by atoms with E-state index < -0.39 is 10.0 Å². The van der Waals surface area contributed by atoms with Crippen LogP contribution in [0.5, 0.6) is 0 Å². The average Bonchev–Trinajstić information content (AvgIpc) is 2.99. The van der Waals surface area contributed by atoms with Gasteiger partial charge in [-0.2, -0.15) is 4.31 Å². The van der Waals surface area contributed by atoms with Gasteiger partial charge in [0.15, 0.2) is 5.03 Å². The zero-order valence-electron chi connectivity index (χ0n) is 10.1. The molecule has 2 heterocycles. The number of imidazole rings is 1. The topological polar surface area (TPSA) is 92.1 Å². The van der Waals surface area contributed by atoms with Crippen molar-refractivity contribution in [2.45, 2.75) is 30.3 Å². The fourth-order valence-electron chi connectivity index (χ4n) is 3.20. The Labute approximate surface area is 107 Å². The van der Waals surface area contributed by atoms with Gasteiger partial charge in [-0.15, -0.1) is 0 Å². The Bertz CT molecular complexity index is 513. The smallest absolute Gasteiger partial charge is 0.260 e. The number of H-pyrrole nitrogens is 1. The van der Waals surface area contributed by atoms with E-state index in [1.807, 2.05) is 0 Å². The summed E-state index contributed by atoms with van der Waals surface area (Å²) in [6.45, 7) is 1.15. The third-order valence-corrected chi connectivity index (χ3v) is 5.97. The molecule has 6 nitrogen and oxygen atoms in total. The number of aromatic amines is 1. The quantitative estimate of drug-likeness (QED) is 0.800. The van der Waals surface area contributed by atoms with Crippen LogP contribution in [0.3, 0.4) is 0 Å². The minimum absolute atomic E-state index is 0.144. The summed E-state index contributed by atoms with van der Waals surface area (Å²) in [7, 11) is -3.42. The van der Waals surface area contributed by atoms with Crippen molar-refractivity contribution >= 4 is 10.0 Å². The molecule has 3 rings (SSSR count). The van der Waals surface area contributed by atoms with Crippen LogP contribution in [0.1, 0.15) is 19.3 Å². The largest absolute Gasteiger partial charge is 0.335 e. The molecule has 1 saturated heterocycles. The van der Waals surface area contributed by atoms with Gasteiger partial charge >= 0.3 is 0 Å². The summed E-state index contributed by atoms with van der Waals surface area (Å²) in [5.74, 6) is 0.739. The zero-order valence-corrected chi connectivity index (χ0v) is 10.9. The zero-order chi connectivity index (χ0) is 12.8. The Morgan fingerprint density at radius 2 is 2.22 bits per heavy atom. The summed E-state index contributed by atoms with van der Waals surface area (Å²) in [5.41, 5.74) is 6.10. The molecule has 0 amide bonds. The van der Waals surface area contributed by atoms with Crippen molar-refractivity contribution in [2.24, 2.45) is 17.6 Å². The molecule has 0 bridgehead atoms. The lowest BCUT2D eigenvalue weighted by Crippen LogP contribution is -2.38. The van der Waals surface area contributed by atoms with Crippen molar-refractivity contribution in [1.29, 1.82) is 0 Å². The molecule has 0 radical (unpaired) electrons. The Morgan fingerprint density at radius 1 is 1.39 bits per heavy atom. The summed E-state index contributed by atoms with van der Waals surface area (Å²) in [4.78, 5) is 6.45. The second-order valence-corrected chi connectivity index (χ2v) is 7.16. The highest BCUT2D eigenvalue weighted by molar-refractivity contribution is 7.89. The van der Waals surface area contributed by atoms with E-state index in [1.54, 1.807) is 4.31 Å². The lowest BCUT2D eigenvalue weighted by atomic mass is 9.78. The van der Waals surface area contributed by atoms with Crippen LogP contribution in [0, 0.1) is 11.8 Å². The van der Waals surface area contributed by atoms with E-state index >= 15 is 0 Å². The van der Waals surface area contributed by atoms with Gasteiger partial charge in [0, 0.05) is 19.1 Å². The molecule has 2 fully saturated rings. The van der Waals surface area contributed by atoms with Gasteiger partial charge in [-0.25, -0.2) is 13.4 Å². The second-order valence-electron chi connectivity index (χ2n) is 5.26. The van der Waals surface area contributed by atoms with Crippen LogP contribution in [0.15, 0.2) is 17.6 Å². The molecule has 1 aliphatic heterocycles. The highest BCUT2D eigenvalue weighted by Gasteiger charge is 2.43. The minimum atomic E-state index is -3.42. The Kier molecular flexibility index (Phi) is 2.91. The number of sulfonamides is 1. The van der Waals surface area contributed by atoms with E-state index in [0.717, 1.165) is 19.3 Å². The highest BCUT2D eigenvalue weighted by atomic mass is 32.2. The predicted octanol–water partition coefficient (Wildman–Crippen LogP) is 0.158. The standard InChI is InChI=1S/C11H18N4O2S/c12-10-3-1-2-8-5-15(6-9(8)10)18(16,17)11-4-13-7-14-11/h4,7-10H,1-3,5-6,12H2,(H,13,14). The van der Waals surface area contributed by atoms with Crippen LogP contribution in [-0.2, 0) is 10.0 Å². The number of aromatic nitrogens is 2. The molecule has 0 spiro atoms. The number of nitrogens with two attached hydrogens (primary N) is 1. The first kappa shape index (κ1) is 12.1. The van der Waals surface area contributed by atoms with Gasteiger partial charge in [-0.05, 0) is 24.7 Å². The minimum Gasteiger partial charge on any atom is -0.335 e. The van der Waals surface area contributed by atoms with Gasteiger partial charge < -0.3 is 10.7 Å². The molecule has 1 saturated carbocycles. The van der Waals surface area contributed by atoms with E-state index in [2.05, 4.69) is 9.97 Å². The van der Waals surface area contributed by atoms with Gasteiger partial charge in [0.1, 0.15) is 0 Å². The van der Waals surface area contributed by atoms with Crippen molar-refractivity contribution < 1.29 is 8.42 Å². The molecule has 100 valence electrons. The van der Waals surface area contributed by atoms with Crippen LogP contribution in [-0.4, -0.2) is 41.8 Å². The third-order valence-electron chi connectivity index (χ3n) is 4.21. The molecule has 18 heavy (non-hydrogen) atoms. The lowest BCUT2D eigenvalue weighted by Gasteiger charge is -2.29. The first-order valence-corrected chi connectivity index (χ1v) is 7.77. The number of nitrogens with zero attached hydrogens (tertiary/aromatic N) is 2. The molecule has 2 aliphatic rings. The molecule has 3 atom stereocenters. The van der Waals surface area contributed by atoms with E-state index in [4.69, 9.17) is 5.73 Å². The number of nitrogens with one attached hydrogen (secondary N) is 1. The molecule has 3 unspecified atom stereocenters. The number of hydrogen-bond donors (Lipinski definition) is 2. The van der Waals surface area contributed by atoms with Crippen molar-refractivity contribution in [1.82, 2.24) is 14.3 Å². The first-order chi connectivity index (χ1) is 8.59. The monoisotopic (exact) mass is 270 g/mol. The second kappa shape index (κ2) is 4.32. The lowest BCUT2D eigenvalue weighted by molar-refractivity contribution is 0.260. The first-order valence-electron chi connectivity index (χ1n) is 6.33. The van der Waals surface area contributed by atoms with Crippen LogP contribution >= 0.6 is 0 Å². The normalized spacial score (nSPS) is 33.5. The van der Waals surface area contributed by atoms with Crippen LogP contribution in [0.4, 0.5) is 0 Å². The maximum Gasteiger partial charge on any atom is 0.260 e. The molecule has 1 aliphatic carbocycles. The molecule has 0 aromatic carbocycles. The van der Waals surface area contributed by atoms with Crippen LogP contribution in [0.2, 0.25) is 0 Å². The van der Waals surface area contributed by atoms with E-state index in [1.165, 1.54) is 12.5 Å². The van der Waals surface area contributed by atoms with Gasteiger partial charge in [-0.3, -0.25) is 0 Å². The Balaban J connectivity index is 1.83. The Morgan fingerprint density at radius 3 is 2.89 bits per heavy atom. The number of fused-ring (bicyclic) bond motifs is 1. The number of rotatable bonds is 2. The summed E-state index contributed by atoms with van der Waals surface area (Å²) >= 11 is 0. The van der Waals surface area contributed by atoms with Crippen molar-refractivity contribution in [3.63, 3.8) is 0 Å².